The Morgan fingerprint density at radius 3 is 2.83 bits per heavy atom. The number of rotatable bonds is 3. The molecule has 4 heteroatoms. The average Bonchev–Trinajstić information content (AvgIpc) is 3.10. The molecule has 18 heavy (non-hydrogen) atoms. The molecule has 1 aliphatic heterocycles. The summed E-state index contributed by atoms with van der Waals surface area (Å²) in [6.07, 6.45) is 3.37. The molecule has 1 aromatic heterocycles. The van der Waals surface area contributed by atoms with E-state index in [2.05, 4.69) is 10.4 Å². The maximum absolute atomic E-state index is 10.4. The van der Waals surface area contributed by atoms with Crippen LogP contribution in [0.3, 0.4) is 0 Å². The summed E-state index contributed by atoms with van der Waals surface area (Å²) in [5.74, 6) is 0. The van der Waals surface area contributed by atoms with Crippen molar-refractivity contribution in [3.8, 4) is 5.69 Å². The summed E-state index contributed by atoms with van der Waals surface area (Å²) in [5, 5.41) is 18.1. The van der Waals surface area contributed by atoms with Gasteiger partial charge in [-0.3, -0.25) is 0 Å². The van der Waals surface area contributed by atoms with E-state index in [0.29, 0.717) is 0 Å². The predicted octanol–water partition coefficient (Wildman–Crippen LogP) is 1.66. The van der Waals surface area contributed by atoms with Crippen molar-refractivity contribution < 1.29 is 5.11 Å². The molecular formula is C14H17N3O. The molecule has 2 unspecified atom stereocenters. The highest BCUT2D eigenvalue weighted by Gasteiger charge is 2.26. The number of nitrogens with one attached hydrogen (secondary N) is 1. The number of benzene rings is 1. The summed E-state index contributed by atoms with van der Waals surface area (Å²) >= 11 is 0. The average molecular weight is 243 g/mol. The first-order chi connectivity index (χ1) is 8.86. The largest absolute Gasteiger partial charge is 0.385 e. The third-order valence-electron chi connectivity index (χ3n) is 3.46. The van der Waals surface area contributed by atoms with Gasteiger partial charge in [-0.25, -0.2) is 4.68 Å². The molecule has 0 aliphatic carbocycles. The number of aromatic nitrogens is 2. The molecule has 1 aliphatic rings. The lowest BCUT2D eigenvalue weighted by molar-refractivity contribution is 0.130. The van der Waals surface area contributed by atoms with E-state index in [-0.39, 0.29) is 6.04 Å². The van der Waals surface area contributed by atoms with Crippen LogP contribution in [0.2, 0.25) is 0 Å². The van der Waals surface area contributed by atoms with Crippen LogP contribution in [-0.4, -0.2) is 27.5 Å². The maximum Gasteiger partial charge on any atom is 0.111 e. The number of hydrogen-bond acceptors (Lipinski definition) is 3. The zero-order chi connectivity index (χ0) is 12.4. The van der Waals surface area contributed by atoms with Gasteiger partial charge in [-0.05, 0) is 37.6 Å². The molecule has 1 aromatic carbocycles. The van der Waals surface area contributed by atoms with Crippen LogP contribution in [0.15, 0.2) is 42.6 Å². The van der Waals surface area contributed by atoms with E-state index in [9.17, 15) is 5.11 Å². The normalized spacial score (nSPS) is 21.1. The fourth-order valence-corrected chi connectivity index (χ4v) is 2.51. The van der Waals surface area contributed by atoms with Crippen molar-refractivity contribution in [2.75, 3.05) is 6.54 Å². The topological polar surface area (TPSA) is 50.1 Å². The lowest BCUT2D eigenvalue weighted by atomic mass is 10.1. The van der Waals surface area contributed by atoms with Gasteiger partial charge in [-0.2, -0.15) is 5.10 Å². The molecule has 4 nitrogen and oxygen atoms in total. The standard InChI is InChI=1S/C14H17N3O/c18-14(12-7-4-9-15-12)13-8-10-16-17(13)11-5-2-1-3-6-11/h1-3,5-6,8,10,12,14-15,18H,4,7,9H2. The van der Waals surface area contributed by atoms with Crippen LogP contribution >= 0.6 is 0 Å². The lowest BCUT2D eigenvalue weighted by Gasteiger charge is -2.19. The molecule has 3 rings (SSSR count). The number of nitrogens with zero attached hydrogens (tertiary/aromatic N) is 2. The quantitative estimate of drug-likeness (QED) is 0.862. The predicted molar refractivity (Wildman–Crippen MR) is 69.5 cm³/mol. The van der Waals surface area contributed by atoms with Crippen LogP contribution in [0.25, 0.3) is 5.69 Å². The molecule has 2 heterocycles. The maximum atomic E-state index is 10.4. The monoisotopic (exact) mass is 243 g/mol. The van der Waals surface area contributed by atoms with Gasteiger partial charge in [0.15, 0.2) is 0 Å². The van der Waals surface area contributed by atoms with Gasteiger partial charge in [0.25, 0.3) is 0 Å². The Kier molecular flexibility index (Phi) is 3.13. The van der Waals surface area contributed by atoms with Crippen molar-refractivity contribution in [2.45, 2.75) is 25.0 Å². The zero-order valence-electron chi connectivity index (χ0n) is 10.2. The SMILES string of the molecule is OC(c1ccnn1-c1ccccc1)C1CCCN1. The fourth-order valence-electron chi connectivity index (χ4n) is 2.51. The van der Waals surface area contributed by atoms with Crippen LogP contribution in [0.5, 0.6) is 0 Å². The molecule has 1 saturated heterocycles. The molecule has 2 atom stereocenters. The van der Waals surface area contributed by atoms with E-state index in [1.54, 1.807) is 6.20 Å². The number of aliphatic hydroxyl groups excluding tert-OH is 1. The Hall–Kier alpha value is -1.65. The molecule has 1 fully saturated rings. The van der Waals surface area contributed by atoms with Gasteiger partial charge < -0.3 is 10.4 Å². The van der Waals surface area contributed by atoms with E-state index in [1.165, 1.54) is 0 Å². The highest BCUT2D eigenvalue weighted by molar-refractivity contribution is 5.33. The highest BCUT2D eigenvalue weighted by atomic mass is 16.3. The van der Waals surface area contributed by atoms with Gasteiger partial charge in [0.2, 0.25) is 0 Å². The summed E-state index contributed by atoms with van der Waals surface area (Å²) in [6.45, 7) is 0.987. The van der Waals surface area contributed by atoms with Crippen molar-refractivity contribution in [1.29, 1.82) is 0 Å². The Balaban J connectivity index is 1.91. The van der Waals surface area contributed by atoms with Crippen LogP contribution < -0.4 is 5.32 Å². The van der Waals surface area contributed by atoms with Gasteiger partial charge in [0.1, 0.15) is 6.10 Å². The minimum absolute atomic E-state index is 0.143. The minimum atomic E-state index is -0.504. The molecule has 2 N–H and O–H groups in total. The van der Waals surface area contributed by atoms with Crippen LogP contribution in [-0.2, 0) is 0 Å². The van der Waals surface area contributed by atoms with E-state index in [1.807, 2.05) is 41.1 Å². The van der Waals surface area contributed by atoms with E-state index in [0.717, 1.165) is 30.8 Å². The molecule has 0 bridgehead atoms. The van der Waals surface area contributed by atoms with Crippen molar-refractivity contribution in [2.24, 2.45) is 0 Å². The smallest absolute Gasteiger partial charge is 0.111 e. The van der Waals surface area contributed by atoms with Crippen molar-refractivity contribution in [3.05, 3.63) is 48.3 Å². The first kappa shape index (κ1) is 11.4. The number of para-hydroxylation sites is 1. The second kappa shape index (κ2) is 4.92. The first-order valence-corrected chi connectivity index (χ1v) is 6.37. The molecule has 2 aromatic rings. The lowest BCUT2D eigenvalue weighted by Crippen LogP contribution is -2.30. The highest BCUT2D eigenvalue weighted by Crippen LogP contribution is 2.24. The Morgan fingerprint density at radius 2 is 2.11 bits per heavy atom. The summed E-state index contributed by atoms with van der Waals surface area (Å²) in [4.78, 5) is 0. The Bertz CT molecular complexity index is 503. The molecule has 0 saturated carbocycles. The summed E-state index contributed by atoms with van der Waals surface area (Å²) < 4.78 is 1.81. The van der Waals surface area contributed by atoms with Crippen LogP contribution in [0, 0.1) is 0 Å². The summed E-state index contributed by atoms with van der Waals surface area (Å²) in [5.41, 5.74) is 1.83. The molecule has 94 valence electrons. The van der Waals surface area contributed by atoms with Crippen molar-refractivity contribution in [1.82, 2.24) is 15.1 Å². The summed E-state index contributed by atoms with van der Waals surface area (Å²) in [6, 6.07) is 11.9. The minimum Gasteiger partial charge on any atom is -0.385 e. The molecule has 0 amide bonds. The van der Waals surface area contributed by atoms with Gasteiger partial charge >= 0.3 is 0 Å². The summed E-state index contributed by atoms with van der Waals surface area (Å²) in [7, 11) is 0. The molecule has 0 spiro atoms. The number of hydrogen-bond donors (Lipinski definition) is 2. The van der Waals surface area contributed by atoms with Crippen LogP contribution in [0.1, 0.15) is 24.6 Å². The van der Waals surface area contributed by atoms with Gasteiger partial charge in [0.05, 0.1) is 11.4 Å². The molecule has 0 radical (unpaired) electrons. The van der Waals surface area contributed by atoms with Gasteiger partial charge in [0, 0.05) is 12.2 Å². The number of aliphatic hydroxyl groups is 1. The van der Waals surface area contributed by atoms with Crippen LogP contribution in [0.4, 0.5) is 0 Å². The fraction of sp³-hybridized carbons (Fsp3) is 0.357. The van der Waals surface area contributed by atoms with Gasteiger partial charge in [-0.15, -0.1) is 0 Å². The van der Waals surface area contributed by atoms with E-state index < -0.39 is 6.10 Å². The zero-order valence-corrected chi connectivity index (χ0v) is 10.2. The van der Waals surface area contributed by atoms with E-state index in [4.69, 9.17) is 0 Å². The van der Waals surface area contributed by atoms with Crippen molar-refractivity contribution >= 4 is 0 Å². The Morgan fingerprint density at radius 1 is 1.28 bits per heavy atom. The van der Waals surface area contributed by atoms with Crippen molar-refractivity contribution in [3.63, 3.8) is 0 Å². The second-order valence-electron chi connectivity index (χ2n) is 4.65. The third-order valence-corrected chi connectivity index (χ3v) is 3.46. The Labute approximate surface area is 106 Å². The molecular weight excluding hydrogens is 226 g/mol. The van der Waals surface area contributed by atoms with Gasteiger partial charge in [-0.1, -0.05) is 18.2 Å². The second-order valence-corrected chi connectivity index (χ2v) is 4.65. The van der Waals surface area contributed by atoms with E-state index >= 15 is 0 Å². The first-order valence-electron chi connectivity index (χ1n) is 6.37. The third kappa shape index (κ3) is 2.05.